The molecule has 4 fully saturated rings. The van der Waals surface area contributed by atoms with Gasteiger partial charge in [0.1, 0.15) is 0 Å². The average Bonchev–Trinajstić information content (AvgIpc) is 2.93. The van der Waals surface area contributed by atoms with Crippen molar-refractivity contribution in [1.82, 2.24) is 0 Å². The predicted octanol–water partition coefficient (Wildman–Crippen LogP) is 2.75. The topological polar surface area (TPSA) is 80.6 Å². The Morgan fingerprint density at radius 2 is 1.70 bits per heavy atom. The first-order valence-corrected chi connectivity index (χ1v) is 11.2. The molecule has 2 N–H and O–H groups in total. The molecule has 4 nitrogen and oxygen atoms in total. The molecule has 0 radical (unpaired) electrons. The van der Waals surface area contributed by atoms with E-state index in [4.69, 9.17) is 0 Å². The summed E-state index contributed by atoms with van der Waals surface area (Å²) in [7, 11) is 0. The van der Waals surface area contributed by atoms with Gasteiger partial charge in [-0.2, -0.15) is 0 Å². The van der Waals surface area contributed by atoms with Gasteiger partial charge in [-0.05, 0) is 104 Å². The summed E-state index contributed by atoms with van der Waals surface area (Å²) in [4.78, 5) is 11.2. The Bertz CT molecular complexity index is 591. The number of carboxylic acid groups (broad SMARTS) is 1. The van der Waals surface area contributed by atoms with Gasteiger partial charge >= 0.3 is 0 Å². The molecule has 0 bridgehead atoms. The van der Waals surface area contributed by atoms with Gasteiger partial charge in [0.05, 0.1) is 12.2 Å². The van der Waals surface area contributed by atoms with E-state index in [2.05, 4.69) is 20.8 Å². The van der Waals surface area contributed by atoms with Crippen molar-refractivity contribution in [2.24, 2.45) is 46.3 Å². The average molecular weight is 378 g/mol. The van der Waals surface area contributed by atoms with Crippen molar-refractivity contribution in [3.8, 4) is 0 Å². The first-order chi connectivity index (χ1) is 12.7. The first kappa shape index (κ1) is 19.7. The Morgan fingerprint density at radius 1 is 1.04 bits per heavy atom. The molecule has 0 heterocycles. The van der Waals surface area contributed by atoms with Gasteiger partial charge in [-0.1, -0.05) is 20.8 Å². The molecule has 4 aliphatic rings. The van der Waals surface area contributed by atoms with Gasteiger partial charge in [-0.15, -0.1) is 0 Å². The van der Waals surface area contributed by atoms with Crippen LogP contribution in [0.3, 0.4) is 0 Å². The third-order valence-corrected chi connectivity index (χ3v) is 9.90. The van der Waals surface area contributed by atoms with E-state index < -0.39 is 5.97 Å². The molecule has 0 saturated heterocycles. The Hall–Kier alpha value is -0.610. The van der Waals surface area contributed by atoms with Crippen LogP contribution < -0.4 is 5.11 Å². The van der Waals surface area contributed by atoms with Gasteiger partial charge in [0.25, 0.3) is 0 Å². The number of hydrogen-bond donors (Lipinski definition) is 2. The zero-order valence-corrected chi connectivity index (χ0v) is 17.2. The van der Waals surface area contributed by atoms with Gasteiger partial charge in [0, 0.05) is 5.97 Å². The van der Waals surface area contributed by atoms with Crippen LogP contribution in [0.25, 0.3) is 0 Å². The highest BCUT2D eigenvalue weighted by molar-refractivity contribution is 5.64. The van der Waals surface area contributed by atoms with Crippen LogP contribution in [-0.4, -0.2) is 28.4 Å². The largest absolute Gasteiger partial charge is 0.550 e. The minimum absolute atomic E-state index is 0.147. The van der Waals surface area contributed by atoms with E-state index in [0.29, 0.717) is 29.6 Å². The number of hydrogen-bond acceptors (Lipinski definition) is 4. The third kappa shape index (κ3) is 2.97. The maximum atomic E-state index is 11.2. The highest BCUT2D eigenvalue weighted by Gasteiger charge is 2.62. The zero-order valence-electron chi connectivity index (χ0n) is 17.2. The van der Waals surface area contributed by atoms with Crippen molar-refractivity contribution >= 4 is 5.97 Å². The van der Waals surface area contributed by atoms with Crippen LogP contribution in [0.2, 0.25) is 0 Å². The molecular weight excluding hydrogens is 340 g/mol. The number of rotatable bonds is 3. The lowest BCUT2D eigenvalue weighted by Crippen LogP contribution is -2.58. The Balaban J connectivity index is 1.60. The van der Waals surface area contributed by atoms with Crippen LogP contribution in [0.1, 0.15) is 78.6 Å². The second-order valence-corrected chi connectivity index (χ2v) is 11.0. The molecular formula is C23H37O4-. The van der Waals surface area contributed by atoms with E-state index in [0.717, 1.165) is 51.4 Å². The van der Waals surface area contributed by atoms with Gasteiger partial charge < -0.3 is 20.1 Å². The number of carboxylic acids is 1. The van der Waals surface area contributed by atoms with Crippen molar-refractivity contribution in [3.05, 3.63) is 0 Å². The Labute approximate surface area is 163 Å². The summed E-state index contributed by atoms with van der Waals surface area (Å²) in [6.07, 6.45) is 7.88. The standard InChI is InChI=1S/C23H38O4/c1-13(10-20(26)27)16-4-5-17-21-18(7-9-23(16,17)3)22(2)8-6-15(24)11-14(22)12-19(21)25/h13-19,21,24-25H,4-12H2,1-3H3,(H,26,27)/p-1/t13-,14+,15-,16-,17+,18+,19+,21+,22+,23-/m1/s1. The van der Waals surface area contributed by atoms with E-state index >= 15 is 0 Å². The predicted molar refractivity (Wildman–Crippen MR) is 101 cm³/mol. The highest BCUT2D eigenvalue weighted by Crippen LogP contribution is 2.68. The second-order valence-electron chi connectivity index (χ2n) is 11.0. The fraction of sp³-hybridized carbons (Fsp3) is 0.957. The molecule has 0 aromatic carbocycles. The number of carbonyl (C=O) groups is 1. The van der Waals surface area contributed by atoms with Crippen molar-refractivity contribution < 1.29 is 20.1 Å². The monoisotopic (exact) mass is 377 g/mol. The van der Waals surface area contributed by atoms with Crippen molar-refractivity contribution in [2.45, 2.75) is 90.8 Å². The van der Waals surface area contributed by atoms with Crippen molar-refractivity contribution in [3.63, 3.8) is 0 Å². The zero-order chi connectivity index (χ0) is 19.6. The smallest absolute Gasteiger partial charge is 0.0577 e. The molecule has 4 saturated carbocycles. The number of carbonyl (C=O) groups excluding carboxylic acids is 1. The molecule has 27 heavy (non-hydrogen) atoms. The van der Waals surface area contributed by atoms with Crippen LogP contribution in [0, 0.1) is 46.3 Å². The van der Waals surface area contributed by atoms with E-state index in [1.54, 1.807) is 0 Å². The third-order valence-electron chi connectivity index (χ3n) is 9.90. The fourth-order valence-corrected chi connectivity index (χ4v) is 8.58. The minimum Gasteiger partial charge on any atom is -0.550 e. The lowest BCUT2D eigenvalue weighted by molar-refractivity contribution is -0.307. The van der Waals surface area contributed by atoms with Gasteiger partial charge in [-0.25, -0.2) is 0 Å². The molecule has 4 aliphatic carbocycles. The summed E-state index contributed by atoms with van der Waals surface area (Å²) in [6.45, 7) is 6.89. The Morgan fingerprint density at radius 3 is 2.41 bits per heavy atom. The summed E-state index contributed by atoms with van der Waals surface area (Å²) in [5.74, 6) is 1.48. The van der Waals surface area contributed by atoms with Gasteiger partial charge in [0.15, 0.2) is 0 Å². The minimum atomic E-state index is -0.933. The molecule has 0 aromatic rings. The fourth-order valence-electron chi connectivity index (χ4n) is 8.58. The number of aliphatic carboxylic acids is 1. The molecule has 0 unspecified atom stereocenters. The number of fused-ring (bicyclic) bond motifs is 5. The maximum Gasteiger partial charge on any atom is 0.0577 e. The van der Waals surface area contributed by atoms with Crippen molar-refractivity contribution in [2.75, 3.05) is 0 Å². The highest BCUT2D eigenvalue weighted by atomic mass is 16.4. The van der Waals surface area contributed by atoms with E-state index in [1.165, 1.54) is 0 Å². The lowest BCUT2D eigenvalue weighted by Gasteiger charge is -2.62. The second kappa shape index (κ2) is 6.73. The van der Waals surface area contributed by atoms with E-state index in [9.17, 15) is 20.1 Å². The van der Waals surface area contributed by atoms with Crippen LogP contribution in [0.15, 0.2) is 0 Å². The summed E-state index contributed by atoms with van der Waals surface area (Å²) < 4.78 is 0. The first-order valence-electron chi connectivity index (χ1n) is 11.2. The van der Waals surface area contributed by atoms with Crippen LogP contribution in [0.4, 0.5) is 0 Å². The summed E-state index contributed by atoms with van der Waals surface area (Å²) in [6, 6.07) is 0. The van der Waals surface area contributed by atoms with Gasteiger partial charge in [0.2, 0.25) is 0 Å². The molecule has 4 heteroatoms. The molecule has 154 valence electrons. The molecule has 0 amide bonds. The maximum absolute atomic E-state index is 11.2. The SMILES string of the molecule is C[C@H](CC(=O)[O-])[C@H]1CC[C@H]2[C@@H]3[C@@H](O)C[C@@H]4C[C@H](O)CC[C@]4(C)[C@H]3CC[C@]12C. The molecule has 10 atom stereocenters. The normalized spacial score (nSPS) is 53.1. The van der Waals surface area contributed by atoms with Crippen LogP contribution in [0.5, 0.6) is 0 Å². The molecule has 0 aromatic heterocycles. The number of aliphatic hydroxyl groups excluding tert-OH is 2. The van der Waals surface area contributed by atoms with Crippen molar-refractivity contribution in [1.29, 1.82) is 0 Å². The Kier molecular flexibility index (Phi) is 4.91. The van der Waals surface area contributed by atoms with Crippen LogP contribution >= 0.6 is 0 Å². The summed E-state index contributed by atoms with van der Waals surface area (Å²) in [5.41, 5.74) is 0.396. The summed E-state index contributed by atoms with van der Waals surface area (Å²) in [5, 5.41) is 32.5. The molecule has 4 rings (SSSR count). The van der Waals surface area contributed by atoms with E-state index in [-0.39, 0.29) is 35.4 Å². The molecule has 0 aliphatic heterocycles. The van der Waals surface area contributed by atoms with Gasteiger partial charge in [-0.3, -0.25) is 0 Å². The summed E-state index contributed by atoms with van der Waals surface area (Å²) >= 11 is 0. The molecule has 0 spiro atoms. The van der Waals surface area contributed by atoms with Crippen LogP contribution in [-0.2, 0) is 4.79 Å². The lowest BCUT2D eigenvalue weighted by atomic mass is 9.43. The number of aliphatic hydroxyl groups is 2. The van der Waals surface area contributed by atoms with E-state index in [1.807, 2.05) is 0 Å². The quantitative estimate of drug-likeness (QED) is 0.792.